The Morgan fingerprint density at radius 1 is 1.09 bits per heavy atom. The van der Waals surface area contributed by atoms with Gasteiger partial charge in [0.05, 0.1) is 42.0 Å². The first kappa shape index (κ1) is 24.5. The Bertz CT molecular complexity index is 1160. The minimum Gasteiger partial charge on any atom is -0.395 e. The van der Waals surface area contributed by atoms with Crippen molar-refractivity contribution in [2.24, 2.45) is 0 Å². The summed E-state index contributed by atoms with van der Waals surface area (Å²) >= 11 is 6.12. The highest BCUT2D eigenvalue weighted by atomic mass is 35.5. The van der Waals surface area contributed by atoms with Crippen LogP contribution < -0.4 is 5.32 Å². The molecule has 11 heteroatoms. The van der Waals surface area contributed by atoms with Crippen molar-refractivity contribution in [3.8, 4) is 0 Å². The topological polar surface area (TPSA) is 73.6 Å². The van der Waals surface area contributed by atoms with E-state index in [1.54, 1.807) is 6.07 Å². The molecular formula is C23H25ClF3N5O2. The van der Waals surface area contributed by atoms with Crippen LogP contribution in [0.4, 0.5) is 18.9 Å². The van der Waals surface area contributed by atoms with Gasteiger partial charge in [-0.1, -0.05) is 23.7 Å². The Balaban J connectivity index is 1.34. The van der Waals surface area contributed by atoms with Gasteiger partial charge in [-0.05, 0) is 30.3 Å². The van der Waals surface area contributed by atoms with Gasteiger partial charge in [-0.25, -0.2) is 4.98 Å². The number of nitrogens with one attached hydrogen (secondary N) is 1. The third kappa shape index (κ3) is 5.69. The highest BCUT2D eigenvalue weighted by molar-refractivity contribution is 6.31. The number of aliphatic hydroxyl groups excluding tert-OH is 1. The molecule has 0 saturated carbocycles. The summed E-state index contributed by atoms with van der Waals surface area (Å²) in [6.45, 7) is 3.52. The van der Waals surface area contributed by atoms with Gasteiger partial charge in [-0.15, -0.1) is 0 Å². The van der Waals surface area contributed by atoms with E-state index in [9.17, 15) is 23.1 Å². The second kappa shape index (κ2) is 10.3. The van der Waals surface area contributed by atoms with E-state index in [1.165, 1.54) is 18.2 Å². The quantitative estimate of drug-likeness (QED) is 0.525. The number of halogens is 4. The van der Waals surface area contributed by atoms with Crippen LogP contribution in [-0.4, -0.2) is 69.7 Å². The van der Waals surface area contributed by atoms with E-state index in [1.807, 2.05) is 21.6 Å². The average Bonchev–Trinajstić information content (AvgIpc) is 3.11. The molecule has 34 heavy (non-hydrogen) atoms. The van der Waals surface area contributed by atoms with Crippen LogP contribution in [0.15, 0.2) is 42.5 Å². The zero-order valence-electron chi connectivity index (χ0n) is 18.4. The largest absolute Gasteiger partial charge is 0.418 e. The molecule has 1 amide bonds. The fourth-order valence-corrected chi connectivity index (χ4v) is 4.32. The molecule has 0 unspecified atom stereocenters. The number of alkyl halides is 3. The molecule has 4 rings (SSSR count). The van der Waals surface area contributed by atoms with Crippen molar-refractivity contribution in [3.05, 3.63) is 58.9 Å². The molecule has 2 aromatic carbocycles. The molecule has 0 atom stereocenters. The van der Waals surface area contributed by atoms with Crippen LogP contribution in [0.1, 0.15) is 11.4 Å². The van der Waals surface area contributed by atoms with E-state index in [4.69, 9.17) is 16.6 Å². The number of hydrogen-bond donors (Lipinski definition) is 2. The number of aromatic nitrogens is 2. The smallest absolute Gasteiger partial charge is 0.395 e. The molecule has 2 N–H and O–H groups in total. The lowest BCUT2D eigenvalue weighted by Crippen LogP contribution is -2.48. The molecule has 0 bridgehead atoms. The molecule has 1 aliphatic heterocycles. The normalized spacial score (nSPS) is 15.7. The van der Waals surface area contributed by atoms with Crippen molar-refractivity contribution in [3.63, 3.8) is 0 Å². The molecule has 1 aromatic heterocycles. The lowest BCUT2D eigenvalue weighted by atomic mass is 10.1. The summed E-state index contributed by atoms with van der Waals surface area (Å²) in [6, 6.07) is 10.4. The minimum absolute atomic E-state index is 0.0154. The number of rotatable bonds is 7. The van der Waals surface area contributed by atoms with Crippen molar-refractivity contribution in [1.29, 1.82) is 0 Å². The van der Waals surface area contributed by atoms with Gasteiger partial charge in [-0.3, -0.25) is 14.6 Å². The van der Waals surface area contributed by atoms with E-state index >= 15 is 0 Å². The number of aliphatic hydroxyl groups is 1. The number of benzene rings is 2. The van der Waals surface area contributed by atoms with Crippen LogP contribution in [0.2, 0.25) is 5.02 Å². The second-order valence-electron chi connectivity index (χ2n) is 8.18. The molecule has 0 radical (unpaired) electrons. The number of anilines is 1. The standard InChI is InChI=1S/C23H25ClF3N5O2/c24-16-5-6-19-20(13-16)32(11-12-33)21(28-19)14-30-7-9-31(10-8-30)15-22(34)29-18-4-2-1-3-17(18)23(25,26)27/h1-6,13,33H,7-12,14-15H2,(H,29,34). The Morgan fingerprint density at radius 3 is 2.50 bits per heavy atom. The number of imidazole rings is 1. The molecule has 7 nitrogen and oxygen atoms in total. The van der Waals surface area contributed by atoms with Gasteiger partial charge in [0.15, 0.2) is 0 Å². The van der Waals surface area contributed by atoms with Crippen LogP contribution in [0, 0.1) is 0 Å². The van der Waals surface area contributed by atoms with Crippen molar-refractivity contribution in [2.45, 2.75) is 19.3 Å². The monoisotopic (exact) mass is 495 g/mol. The van der Waals surface area contributed by atoms with E-state index in [0.717, 1.165) is 22.9 Å². The van der Waals surface area contributed by atoms with Gasteiger partial charge < -0.3 is 15.0 Å². The number of carbonyl (C=O) groups is 1. The summed E-state index contributed by atoms with van der Waals surface area (Å²) < 4.78 is 41.4. The summed E-state index contributed by atoms with van der Waals surface area (Å²) in [6.07, 6.45) is -4.53. The van der Waals surface area contributed by atoms with Gasteiger partial charge in [0.2, 0.25) is 5.91 Å². The number of amides is 1. The maximum absolute atomic E-state index is 13.1. The Labute approximate surface area is 199 Å². The fraction of sp³-hybridized carbons (Fsp3) is 0.391. The van der Waals surface area contributed by atoms with Crippen LogP contribution >= 0.6 is 11.6 Å². The fourth-order valence-electron chi connectivity index (χ4n) is 4.15. The van der Waals surface area contributed by atoms with Crippen molar-refractivity contribution < 1.29 is 23.1 Å². The lowest BCUT2D eigenvalue weighted by molar-refractivity contribution is -0.137. The lowest BCUT2D eigenvalue weighted by Gasteiger charge is -2.34. The number of piperazine rings is 1. The van der Waals surface area contributed by atoms with Crippen LogP contribution in [-0.2, 0) is 24.1 Å². The van der Waals surface area contributed by atoms with Crippen molar-refractivity contribution >= 4 is 34.2 Å². The molecule has 3 aromatic rings. The molecule has 0 aliphatic carbocycles. The zero-order valence-corrected chi connectivity index (χ0v) is 19.1. The van der Waals surface area contributed by atoms with E-state index in [0.29, 0.717) is 44.3 Å². The predicted molar refractivity (Wildman–Crippen MR) is 124 cm³/mol. The van der Waals surface area contributed by atoms with E-state index in [2.05, 4.69) is 10.2 Å². The SMILES string of the molecule is O=C(CN1CCN(Cc2nc3ccc(Cl)cc3n2CCO)CC1)Nc1ccccc1C(F)(F)F. The minimum atomic E-state index is -4.53. The van der Waals surface area contributed by atoms with Gasteiger partial charge in [0.25, 0.3) is 0 Å². The average molecular weight is 496 g/mol. The first-order chi connectivity index (χ1) is 16.2. The first-order valence-corrected chi connectivity index (χ1v) is 11.3. The van der Waals surface area contributed by atoms with Crippen LogP contribution in [0.5, 0.6) is 0 Å². The zero-order chi connectivity index (χ0) is 24.3. The summed E-state index contributed by atoms with van der Waals surface area (Å²) in [5.74, 6) is 0.341. The Kier molecular flexibility index (Phi) is 7.42. The number of fused-ring (bicyclic) bond motifs is 1. The third-order valence-corrected chi connectivity index (χ3v) is 6.05. The molecular weight excluding hydrogens is 471 g/mol. The maximum Gasteiger partial charge on any atom is 0.418 e. The summed E-state index contributed by atoms with van der Waals surface area (Å²) in [5, 5.41) is 12.5. The Hall–Kier alpha value is -2.66. The van der Waals surface area contributed by atoms with E-state index < -0.39 is 17.6 Å². The van der Waals surface area contributed by atoms with Crippen LogP contribution in [0.25, 0.3) is 11.0 Å². The predicted octanol–water partition coefficient (Wildman–Crippen LogP) is 3.46. The van der Waals surface area contributed by atoms with Crippen LogP contribution in [0.3, 0.4) is 0 Å². The molecule has 182 valence electrons. The van der Waals surface area contributed by atoms with Gasteiger partial charge in [-0.2, -0.15) is 13.2 Å². The maximum atomic E-state index is 13.1. The number of carbonyl (C=O) groups excluding carboxylic acids is 1. The molecule has 2 heterocycles. The van der Waals surface area contributed by atoms with Gasteiger partial charge >= 0.3 is 6.18 Å². The van der Waals surface area contributed by atoms with Gasteiger partial charge in [0.1, 0.15) is 5.82 Å². The van der Waals surface area contributed by atoms with E-state index in [-0.39, 0.29) is 18.8 Å². The molecule has 1 fully saturated rings. The molecule has 0 spiro atoms. The van der Waals surface area contributed by atoms with Crippen molar-refractivity contribution in [1.82, 2.24) is 19.4 Å². The molecule has 1 saturated heterocycles. The highest BCUT2D eigenvalue weighted by Crippen LogP contribution is 2.34. The molecule has 1 aliphatic rings. The van der Waals surface area contributed by atoms with Gasteiger partial charge in [0, 0.05) is 37.7 Å². The third-order valence-electron chi connectivity index (χ3n) is 5.82. The number of nitrogens with zero attached hydrogens (tertiary/aromatic N) is 4. The number of hydrogen-bond acceptors (Lipinski definition) is 5. The summed E-state index contributed by atoms with van der Waals surface area (Å²) in [4.78, 5) is 21.2. The first-order valence-electron chi connectivity index (χ1n) is 10.9. The van der Waals surface area contributed by atoms with Crippen molar-refractivity contribution in [2.75, 3.05) is 44.6 Å². The number of para-hydroxylation sites is 1. The summed E-state index contributed by atoms with van der Waals surface area (Å²) in [7, 11) is 0. The Morgan fingerprint density at radius 2 is 1.79 bits per heavy atom. The second-order valence-corrected chi connectivity index (χ2v) is 8.62. The highest BCUT2D eigenvalue weighted by Gasteiger charge is 2.33. The summed E-state index contributed by atoms with van der Waals surface area (Å²) in [5.41, 5.74) is 0.579.